The summed E-state index contributed by atoms with van der Waals surface area (Å²) in [6.45, 7) is 4.20. The first-order valence-corrected chi connectivity index (χ1v) is 8.91. The maximum atomic E-state index is 12.3. The van der Waals surface area contributed by atoms with Gasteiger partial charge in [-0.1, -0.05) is 17.7 Å². The number of thiocarbonyl (C=S) groups is 1. The standard InChI is InChI=1S/C17H20ClN3O4S/c1-10(2)25-14(22)9-13-16(24)19-6-7-21(13)17(26)20-15(23)11-4-3-5-12(18)8-11/h3-5,8,10,13H,6-7,9H2,1-2H3,(H,19,24)(H,20,23,26)/t13-/m0/s1. The van der Waals surface area contributed by atoms with Crippen molar-refractivity contribution in [2.24, 2.45) is 0 Å². The number of ether oxygens (including phenoxy) is 1. The molecule has 0 spiro atoms. The third-order valence-corrected chi connectivity index (χ3v) is 4.20. The number of benzene rings is 1. The van der Waals surface area contributed by atoms with E-state index < -0.39 is 17.9 Å². The van der Waals surface area contributed by atoms with Crippen LogP contribution < -0.4 is 10.6 Å². The number of rotatable bonds is 4. The van der Waals surface area contributed by atoms with Gasteiger partial charge in [-0.3, -0.25) is 19.7 Å². The molecule has 1 aromatic carbocycles. The molecule has 26 heavy (non-hydrogen) atoms. The SMILES string of the molecule is CC(C)OC(=O)C[C@H]1C(=O)NCCN1C(=S)NC(=O)c1cccc(Cl)c1. The fourth-order valence-corrected chi connectivity index (χ4v) is 3.00. The monoisotopic (exact) mass is 397 g/mol. The molecule has 1 saturated heterocycles. The highest BCUT2D eigenvalue weighted by Gasteiger charge is 2.34. The predicted molar refractivity (Wildman–Crippen MR) is 101 cm³/mol. The molecule has 9 heteroatoms. The maximum Gasteiger partial charge on any atom is 0.308 e. The average Bonchev–Trinajstić information content (AvgIpc) is 2.55. The maximum absolute atomic E-state index is 12.3. The van der Waals surface area contributed by atoms with Gasteiger partial charge >= 0.3 is 5.97 Å². The first kappa shape index (κ1) is 20.1. The summed E-state index contributed by atoms with van der Waals surface area (Å²) in [5.74, 6) is -1.28. The minimum Gasteiger partial charge on any atom is -0.463 e. The van der Waals surface area contributed by atoms with E-state index in [9.17, 15) is 14.4 Å². The lowest BCUT2D eigenvalue weighted by molar-refractivity contribution is -0.150. The Morgan fingerprint density at radius 3 is 2.85 bits per heavy atom. The van der Waals surface area contributed by atoms with Crippen molar-refractivity contribution in [3.8, 4) is 0 Å². The molecule has 0 aliphatic carbocycles. The fourth-order valence-electron chi connectivity index (χ4n) is 2.50. The number of nitrogens with zero attached hydrogens (tertiary/aromatic N) is 1. The minimum atomic E-state index is -0.831. The van der Waals surface area contributed by atoms with Gasteiger partial charge in [-0.25, -0.2) is 0 Å². The number of piperazine rings is 1. The summed E-state index contributed by atoms with van der Waals surface area (Å²) in [7, 11) is 0. The second-order valence-electron chi connectivity index (χ2n) is 6.01. The van der Waals surface area contributed by atoms with Gasteiger partial charge in [0.25, 0.3) is 5.91 Å². The van der Waals surface area contributed by atoms with Crippen LogP contribution in [0.1, 0.15) is 30.6 Å². The van der Waals surface area contributed by atoms with Gasteiger partial charge in [-0.2, -0.15) is 0 Å². The molecule has 1 aliphatic rings. The smallest absolute Gasteiger partial charge is 0.308 e. The number of carbonyl (C=O) groups is 3. The zero-order chi connectivity index (χ0) is 19.3. The van der Waals surface area contributed by atoms with E-state index in [0.717, 1.165) is 0 Å². The van der Waals surface area contributed by atoms with Crippen LogP contribution in [-0.4, -0.2) is 53.0 Å². The zero-order valence-electron chi connectivity index (χ0n) is 14.5. The largest absolute Gasteiger partial charge is 0.463 e. The highest BCUT2D eigenvalue weighted by Crippen LogP contribution is 2.13. The Balaban J connectivity index is 2.07. The van der Waals surface area contributed by atoms with Gasteiger partial charge < -0.3 is 15.0 Å². The van der Waals surface area contributed by atoms with Crippen LogP contribution in [0.4, 0.5) is 0 Å². The lowest BCUT2D eigenvalue weighted by Crippen LogP contribution is -2.60. The molecule has 0 aromatic heterocycles. The van der Waals surface area contributed by atoms with E-state index in [0.29, 0.717) is 23.7 Å². The van der Waals surface area contributed by atoms with Gasteiger partial charge in [0, 0.05) is 23.7 Å². The van der Waals surface area contributed by atoms with Crippen LogP contribution in [0.25, 0.3) is 0 Å². The highest BCUT2D eigenvalue weighted by atomic mass is 35.5. The first-order chi connectivity index (χ1) is 12.3. The van der Waals surface area contributed by atoms with E-state index >= 15 is 0 Å². The summed E-state index contributed by atoms with van der Waals surface area (Å²) in [5, 5.41) is 5.78. The van der Waals surface area contributed by atoms with E-state index in [2.05, 4.69) is 10.6 Å². The van der Waals surface area contributed by atoms with Crippen molar-refractivity contribution in [3.63, 3.8) is 0 Å². The number of amides is 2. The number of nitrogens with one attached hydrogen (secondary N) is 2. The molecule has 0 unspecified atom stereocenters. The molecule has 0 radical (unpaired) electrons. The summed E-state index contributed by atoms with van der Waals surface area (Å²) in [4.78, 5) is 38.0. The Kier molecular flexibility index (Phi) is 6.93. The van der Waals surface area contributed by atoms with Gasteiger partial charge in [0.2, 0.25) is 5.91 Å². The van der Waals surface area contributed by atoms with Crippen LogP contribution in [-0.2, 0) is 14.3 Å². The quantitative estimate of drug-likeness (QED) is 0.591. The molecular weight excluding hydrogens is 378 g/mol. The molecule has 1 aliphatic heterocycles. The molecule has 0 bridgehead atoms. The first-order valence-electron chi connectivity index (χ1n) is 8.12. The topological polar surface area (TPSA) is 87.7 Å². The third-order valence-electron chi connectivity index (χ3n) is 3.63. The molecule has 7 nitrogen and oxygen atoms in total. The fraction of sp³-hybridized carbons (Fsp3) is 0.412. The van der Waals surface area contributed by atoms with Gasteiger partial charge in [-0.05, 0) is 44.3 Å². The summed E-state index contributed by atoms with van der Waals surface area (Å²) in [6.07, 6.45) is -0.436. The van der Waals surface area contributed by atoms with Gasteiger partial charge in [0.15, 0.2) is 5.11 Å². The van der Waals surface area contributed by atoms with Crippen molar-refractivity contribution in [1.82, 2.24) is 15.5 Å². The number of esters is 1. The van der Waals surface area contributed by atoms with E-state index in [1.54, 1.807) is 32.0 Å². The number of hydrogen-bond donors (Lipinski definition) is 2. The van der Waals surface area contributed by atoms with Crippen molar-refractivity contribution in [2.75, 3.05) is 13.1 Å². The molecule has 140 valence electrons. The molecular formula is C17H20ClN3O4S. The Labute approximate surface area is 162 Å². The number of carbonyl (C=O) groups excluding carboxylic acids is 3. The molecule has 2 rings (SSSR count). The lowest BCUT2D eigenvalue weighted by Gasteiger charge is -2.36. The van der Waals surface area contributed by atoms with Crippen molar-refractivity contribution < 1.29 is 19.1 Å². The van der Waals surface area contributed by atoms with Crippen molar-refractivity contribution in [1.29, 1.82) is 0 Å². The zero-order valence-corrected chi connectivity index (χ0v) is 16.0. The van der Waals surface area contributed by atoms with Crippen LogP contribution in [0.5, 0.6) is 0 Å². The second-order valence-corrected chi connectivity index (χ2v) is 6.84. The summed E-state index contributed by atoms with van der Waals surface area (Å²) >= 11 is 11.2. The molecule has 1 atom stereocenters. The van der Waals surface area contributed by atoms with Crippen molar-refractivity contribution >= 4 is 46.7 Å². The second kappa shape index (κ2) is 8.95. The molecule has 0 saturated carbocycles. The molecule has 2 N–H and O–H groups in total. The summed E-state index contributed by atoms with van der Waals surface area (Å²) < 4.78 is 5.10. The average molecular weight is 398 g/mol. The van der Waals surface area contributed by atoms with Crippen LogP contribution in [0, 0.1) is 0 Å². The third kappa shape index (κ3) is 5.40. The van der Waals surface area contributed by atoms with Crippen molar-refractivity contribution in [3.05, 3.63) is 34.9 Å². The van der Waals surface area contributed by atoms with Gasteiger partial charge in [-0.15, -0.1) is 0 Å². The van der Waals surface area contributed by atoms with E-state index in [1.807, 2.05) is 0 Å². The number of halogens is 1. The van der Waals surface area contributed by atoms with E-state index in [4.69, 9.17) is 28.6 Å². The van der Waals surface area contributed by atoms with Crippen LogP contribution >= 0.6 is 23.8 Å². The van der Waals surface area contributed by atoms with Gasteiger partial charge in [0.05, 0.1) is 12.5 Å². The van der Waals surface area contributed by atoms with Crippen LogP contribution in [0.2, 0.25) is 5.02 Å². The highest BCUT2D eigenvalue weighted by molar-refractivity contribution is 7.80. The van der Waals surface area contributed by atoms with Crippen molar-refractivity contribution in [2.45, 2.75) is 32.4 Å². The molecule has 1 heterocycles. The summed E-state index contributed by atoms with van der Waals surface area (Å²) in [5.41, 5.74) is 0.345. The summed E-state index contributed by atoms with van der Waals surface area (Å²) in [6, 6.07) is 5.59. The number of hydrogen-bond acceptors (Lipinski definition) is 5. The Hall–Kier alpha value is -2.19. The Morgan fingerprint density at radius 1 is 1.46 bits per heavy atom. The Morgan fingerprint density at radius 2 is 2.19 bits per heavy atom. The minimum absolute atomic E-state index is 0.0761. The lowest BCUT2D eigenvalue weighted by atomic mass is 10.1. The van der Waals surface area contributed by atoms with Crippen LogP contribution in [0.3, 0.4) is 0 Å². The van der Waals surface area contributed by atoms with Gasteiger partial charge in [0.1, 0.15) is 6.04 Å². The molecule has 1 aromatic rings. The van der Waals surface area contributed by atoms with E-state index in [-0.39, 0.29) is 23.5 Å². The van der Waals surface area contributed by atoms with Crippen LogP contribution in [0.15, 0.2) is 24.3 Å². The van der Waals surface area contributed by atoms with E-state index in [1.165, 1.54) is 11.0 Å². The predicted octanol–water partition coefficient (Wildman–Crippen LogP) is 1.50. The Bertz CT molecular complexity index is 726. The molecule has 2 amide bonds. The molecule has 1 fully saturated rings. The normalized spacial score (nSPS) is 16.8.